The van der Waals surface area contributed by atoms with E-state index in [1.165, 1.54) is 0 Å². The number of nitrogens with zero attached hydrogens (tertiary/aromatic N) is 1. The average Bonchev–Trinajstić information content (AvgIpc) is 2.60. The Hall–Kier alpha value is -0.780. The fraction of sp³-hybridized carbons (Fsp3) is 0.909. The number of carbonyl (C=O) groups is 1. The molecule has 1 N–H and O–H groups in total. The lowest BCUT2D eigenvalue weighted by Crippen LogP contribution is -2.50. The van der Waals surface area contributed by atoms with Gasteiger partial charge < -0.3 is 5.11 Å². The Balaban J connectivity index is 2.55. The zero-order valence-electron chi connectivity index (χ0n) is 9.89. The molecule has 0 saturated carbocycles. The molecule has 0 aromatic heterocycles. The van der Waals surface area contributed by atoms with Gasteiger partial charge in [0.25, 0.3) is 0 Å². The van der Waals surface area contributed by atoms with Crippen LogP contribution in [-0.4, -0.2) is 40.8 Å². The van der Waals surface area contributed by atoms with Gasteiger partial charge in [-0.05, 0) is 38.8 Å². The van der Waals surface area contributed by atoms with E-state index in [2.05, 4.69) is 0 Å². The van der Waals surface area contributed by atoms with Crippen LogP contribution in [0.4, 0.5) is 13.2 Å². The molecule has 6 heteroatoms. The standard InChI is InChI=1S/C11H18F3NO2/c1-2-10(9(16)17)5-3-7-15(10)8-4-6-11(12,13)14/h2-8H2,1H3,(H,16,17). The van der Waals surface area contributed by atoms with Crippen LogP contribution in [0.3, 0.4) is 0 Å². The summed E-state index contributed by atoms with van der Waals surface area (Å²) in [6.45, 7) is 2.56. The molecule has 0 spiro atoms. The first-order chi connectivity index (χ1) is 7.82. The maximum atomic E-state index is 12.0. The fourth-order valence-corrected chi connectivity index (χ4v) is 2.52. The molecular formula is C11H18F3NO2. The van der Waals surface area contributed by atoms with Crippen molar-refractivity contribution in [2.75, 3.05) is 13.1 Å². The fourth-order valence-electron chi connectivity index (χ4n) is 2.52. The highest BCUT2D eigenvalue weighted by molar-refractivity contribution is 5.79. The second-order valence-electron chi connectivity index (χ2n) is 4.50. The summed E-state index contributed by atoms with van der Waals surface area (Å²) in [4.78, 5) is 13.0. The number of hydrogen-bond donors (Lipinski definition) is 1. The number of carboxylic acids is 1. The predicted molar refractivity (Wildman–Crippen MR) is 56.8 cm³/mol. The molecule has 0 aromatic rings. The van der Waals surface area contributed by atoms with Crippen molar-refractivity contribution < 1.29 is 23.1 Å². The van der Waals surface area contributed by atoms with Gasteiger partial charge in [0.1, 0.15) is 5.54 Å². The van der Waals surface area contributed by atoms with Crippen molar-refractivity contribution in [3.8, 4) is 0 Å². The number of alkyl halides is 3. The Labute approximate surface area is 98.6 Å². The molecule has 0 aromatic carbocycles. The lowest BCUT2D eigenvalue weighted by atomic mass is 9.93. The van der Waals surface area contributed by atoms with Gasteiger partial charge in [0.15, 0.2) is 0 Å². The molecule has 1 heterocycles. The van der Waals surface area contributed by atoms with Gasteiger partial charge in [-0.25, -0.2) is 0 Å². The Morgan fingerprint density at radius 1 is 1.47 bits per heavy atom. The van der Waals surface area contributed by atoms with E-state index in [-0.39, 0.29) is 13.0 Å². The third-order valence-corrected chi connectivity index (χ3v) is 3.49. The molecule has 0 radical (unpaired) electrons. The van der Waals surface area contributed by atoms with Crippen LogP contribution in [0.2, 0.25) is 0 Å². The predicted octanol–water partition coefficient (Wildman–Crippen LogP) is 2.66. The Morgan fingerprint density at radius 2 is 2.12 bits per heavy atom. The first-order valence-corrected chi connectivity index (χ1v) is 5.87. The van der Waals surface area contributed by atoms with Crippen LogP contribution in [-0.2, 0) is 4.79 Å². The lowest BCUT2D eigenvalue weighted by Gasteiger charge is -2.33. The lowest BCUT2D eigenvalue weighted by molar-refractivity contribution is -0.151. The van der Waals surface area contributed by atoms with Gasteiger partial charge in [0, 0.05) is 6.42 Å². The van der Waals surface area contributed by atoms with Crippen LogP contribution in [0, 0.1) is 0 Å². The highest BCUT2D eigenvalue weighted by Crippen LogP contribution is 2.33. The quantitative estimate of drug-likeness (QED) is 0.818. The van der Waals surface area contributed by atoms with Crippen molar-refractivity contribution in [2.24, 2.45) is 0 Å². The van der Waals surface area contributed by atoms with Crippen LogP contribution in [0.25, 0.3) is 0 Å². The maximum Gasteiger partial charge on any atom is 0.389 e. The van der Waals surface area contributed by atoms with Crippen molar-refractivity contribution in [3.63, 3.8) is 0 Å². The summed E-state index contributed by atoms with van der Waals surface area (Å²) in [5.41, 5.74) is -0.939. The number of rotatable bonds is 5. The van der Waals surface area contributed by atoms with E-state index in [9.17, 15) is 23.1 Å². The van der Waals surface area contributed by atoms with E-state index in [0.29, 0.717) is 19.4 Å². The van der Waals surface area contributed by atoms with Gasteiger partial charge in [-0.15, -0.1) is 0 Å². The molecule has 1 aliphatic rings. The van der Waals surface area contributed by atoms with Crippen LogP contribution in [0.1, 0.15) is 39.0 Å². The summed E-state index contributed by atoms with van der Waals surface area (Å²) >= 11 is 0. The minimum atomic E-state index is -4.15. The van der Waals surface area contributed by atoms with Crippen LogP contribution < -0.4 is 0 Å². The average molecular weight is 253 g/mol. The summed E-state index contributed by atoms with van der Waals surface area (Å²) in [6, 6.07) is 0. The normalized spacial score (nSPS) is 26.4. The number of hydrogen-bond acceptors (Lipinski definition) is 2. The van der Waals surface area contributed by atoms with E-state index in [1.807, 2.05) is 0 Å². The summed E-state index contributed by atoms with van der Waals surface area (Å²) < 4.78 is 36.1. The molecule has 1 atom stereocenters. The highest BCUT2D eigenvalue weighted by atomic mass is 19.4. The maximum absolute atomic E-state index is 12.0. The Bertz CT molecular complexity index is 280. The zero-order valence-corrected chi connectivity index (χ0v) is 9.89. The minimum Gasteiger partial charge on any atom is -0.480 e. The highest BCUT2D eigenvalue weighted by Gasteiger charge is 2.45. The molecule has 1 fully saturated rings. The third kappa shape index (κ3) is 3.34. The first kappa shape index (κ1) is 14.3. The van der Waals surface area contributed by atoms with Crippen molar-refractivity contribution >= 4 is 5.97 Å². The van der Waals surface area contributed by atoms with E-state index < -0.39 is 24.1 Å². The molecule has 0 amide bonds. The van der Waals surface area contributed by atoms with Gasteiger partial charge in [-0.2, -0.15) is 13.2 Å². The van der Waals surface area contributed by atoms with E-state index in [0.717, 1.165) is 6.42 Å². The monoisotopic (exact) mass is 253 g/mol. The Kier molecular flexibility index (Phi) is 4.41. The van der Waals surface area contributed by atoms with E-state index in [4.69, 9.17) is 0 Å². The molecule has 17 heavy (non-hydrogen) atoms. The first-order valence-electron chi connectivity index (χ1n) is 5.87. The van der Waals surface area contributed by atoms with Gasteiger partial charge in [-0.1, -0.05) is 6.92 Å². The minimum absolute atomic E-state index is 0.0292. The largest absolute Gasteiger partial charge is 0.480 e. The molecule has 100 valence electrons. The molecule has 1 unspecified atom stereocenters. The van der Waals surface area contributed by atoms with Gasteiger partial charge >= 0.3 is 12.1 Å². The number of aliphatic carboxylic acids is 1. The van der Waals surface area contributed by atoms with Crippen LogP contribution in [0.15, 0.2) is 0 Å². The zero-order chi connectivity index (χ0) is 13.1. The summed E-state index contributed by atoms with van der Waals surface area (Å²) in [7, 11) is 0. The van der Waals surface area contributed by atoms with Gasteiger partial charge in [0.2, 0.25) is 0 Å². The van der Waals surface area contributed by atoms with Crippen molar-refractivity contribution in [1.82, 2.24) is 4.90 Å². The molecule has 1 rings (SSSR count). The molecule has 3 nitrogen and oxygen atoms in total. The smallest absolute Gasteiger partial charge is 0.389 e. The molecule has 1 saturated heterocycles. The van der Waals surface area contributed by atoms with Crippen LogP contribution >= 0.6 is 0 Å². The summed E-state index contributed by atoms with van der Waals surface area (Å²) in [6.07, 6.45) is -3.31. The van der Waals surface area contributed by atoms with Gasteiger partial charge in [-0.3, -0.25) is 9.69 Å². The molecule has 1 aliphatic heterocycles. The van der Waals surface area contributed by atoms with Crippen LogP contribution in [0.5, 0.6) is 0 Å². The second kappa shape index (κ2) is 5.25. The summed E-state index contributed by atoms with van der Waals surface area (Å²) in [5, 5.41) is 9.23. The topological polar surface area (TPSA) is 40.5 Å². The van der Waals surface area contributed by atoms with Crippen molar-refractivity contribution in [1.29, 1.82) is 0 Å². The molecule has 0 bridgehead atoms. The van der Waals surface area contributed by atoms with Gasteiger partial charge in [0.05, 0.1) is 0 Å². The van der Waals surface area contributed by atoms with E-state index in [1.54, 1.807) is 11.8 Å². The number of likely N-dealkylation sites (tertiary alicyclic amines) is 1. The number of halogens is 3. The van der Waals surface area contributed by atoms with Crippen molar-refractivity contribution in [2.45, 2.75) is 50.7 Å². The SMILES string of the molecule is CCC1(C(=O)O)CCCN1CCCC(F)(F)F. The molecule has 0 aliphatic carbocycles. The van der Waals surface area contributed by atoms with Crippen molar-refractivity contribution in [3.05, 3.63) is 0 Å². The summed E-state index contributed by atoms with van der Waals surface area (Å²) in [5.74, 6) is -0.912. The van der Waals surface area contributed by atoms with E-state index >= 15 is 0 Å². The second-order valence-corrected chi connectivity index (χ2v) is 4.50. The Morgan fingerprint density at radius 3 is 2.59 bits per heavy atom. The molecular weight excluding hydrogens is 235 g/mol. The third-order valence-electron chi connectivity index (χ3n) is 3.49. The number of carboxylic acid groups (broad SMARTS) is 1.